The SMILES string of the molecule is Cc1ccc(S(=O)(=O)N(CC(=O)N/N=C\c2ccccc2C(=O)O)Cc2c(F)cccc2Cl)cc1. The molecule has 3 aromatic carbocycles. The predicted molar refractivity (Wildman–Crippen MR) is 129 cm³/mol. The number of rotatable bonds is 9. The number of carboxylic acids is 1. The van der Waals surface area contributed by atoms with Crippen LogP contribution < -0.4 is 5.43 Å². The zero-order valence-electron chi connectivity index (χ0n) is 18.5. The number of carbonyl (C=O) groups excluding carboxylic acids is 1. The number of hydrogen-bond donors (Lipinski definition) is 2. The van der Waals surface area contributed by atoms with Crippen LogP contribution in [-0.4, -0.2) is 42.5 Å². The van der Waals surface area contributed by atoms with E-state index in [2.05, 4.69) is 10.5 Å². The van der Waals surface area contributed by atoms with Crippen LogP contribution in [-0.2, 0) is 21.4 Å². The Labute approximate surface area is 206 Å². The summed E-state index contributed by atoms with van der Waals surface area (Å²) in [5.74, 6) is -2.71. The van der Waals surface area contributed by atoms with Gasteiger partial charge in [-0.1, -0.05) is 53.6 Å². The van der Waals surface area contributed by atoms with Crippen molar-refractivity contribution >= 4 is 39.7 Å². The summed E-state index contributed by atoms with van der Waals surface area (Å²) in [6, 6.07) is 15.9. The van der Waals surface area contributed by atoms with Crippen LogP contribution in [0.25, 0.3) is 0 Å². The molecule has 0 atom stereocenters. The normalized spacial score (nSPS) is 11.7. The summed E-state index contributed by atoms with van der Waals surface area (Å²) >= 11 is 6.09. The minimum Gasteiger partial charge on any atom is -0.478 e. The number of aromatic carboxylic acids is 1. The summed E-state index contributed by atoms with van der Waals surface area (Å²) < 4.78 is 41.8. The zero-order valence-corrected chi connectivity index (χ0v) is 20.1. The Morgan fingerprint density at radius 2 is 1.77 bits per heavy atom. The third kappa shape index (κ3) is 6.50. The van der Waals surface area contributed by atoms with E-state index in [0.717, 1.165) is 22.1 Å². The lowest BCUT2D eigenvalue weighted by molar-refractivity contribution is -0.121. The number of sulfonamides is 1. The van der Waals surface area contributed by atoms with Gasteiger partial charge in [-0.3, -0.25) is 4.79 Å². The number of carbonyl (C=O) groups is 2. The molecule has 0 spiro atoms. The molecule has 0 aliphatic carbocycles. The van der Waals surface area contributed by atoms with Crippen LogP contribution in [0.15, 0.2) is 76.7 Å². The van der Waals surface area contributed by atoms with Gasteiger partial charge in [-0.25, -0.2) is 23.0 Å². The fraction of sp³-hybridized carbons (Fsp3) is 0.125. The van der Waals surface area contributed by atoms with Crippen LogP contribution in [0.3, 0.4) is 0 Å². The Bertz CT molecular complexity index is 1360. The highest BCUT2D eigenvalue weighted by molar-refractivity contribution is 7.89. The number of benzene rings is 3. The monoisotopic (exact) mass is 517 g/mol. The first kappa shape index (κ1) is 26.0. The van der Waals surface area contributed by atoms with Crippen molar-refractivity contribution in [3.8, 4) is 0 Å². The van der Waals surface area contributed by atoms with Crippen LogP contribution in [0.5, 0.6) is 0 Å². The molecule has 1 amide bonds. The fourth-order valence-corrected chi connectivity index (χ4v) is 4.71. The lowest BCUT2D eigenvalue weighted by Gasteiger charge is -2.22. The van der Waals surface area contributed by atoms with Gasteiger partial charge < -0.3 is 5.11 Å². The molecule has 3 aromatic rings. The molecule has 0 aromatic heterocycles. The van der Waals surface area contributed by atoms with Crippen molar-refractivity contribution in [2.45, 2.75) is 18.4 Å². The molecule has 0 fully saturated rings. The van der Waals surface area contributed by atoms with E-state index in [9.17, 15) is 27.5 Å². The minimum absolute atomic E-state index is 0.0119. The fourth-order valence-electron chi connectivity index (χ4n) is 3.12. The van der Waals surface area contributed by atoms with E-state index >= 15 is 0 Å². The average Bonchev–Trinajstić information content (AvgIpc) is 2.81. The molecule has 0 saturated carbocycles. The van der Waals surface area contributed by atoms with Gasteiger partial charge in [0.05, 0.1) is 23.2 Å². The second-order valence-corrected chi connectivity index (χ2v) is 9.82. The van der Waals surface area contributed by atoms with Gasteiger partial charge in [0, 0.05) is 22.7 Å². The van der Waals surface area contributed by atoms with Crippen molar-refractivity contribution in [3.63, 3.8) is 0 Å². The summed E-state index contributed by atoms with van der Waals surface area (Å²) in [7, 11) is -4.22. The largest absolute Gasteiger partial charge is 0.478 e. The molecule has 2 N–H and O–H groups in total. The highest BCUT2D eigenvalue weighted by Crippen LogP contribution is 2.24. The molecule has 0 bridgehead atoms. The van der Waals surface area contributed by atoms with Crippen molar-refractivity contribution in [2.24, 2.45) is 5.10 Å². The summed E-state index contributed by atoms with van der Waals surface area (Å²) in [5.41, 5.74) is 3.14. The third-order valence-corrected chi connectivity index (χ3v) is 7.12. The van der Waals surface area contributed by atoms with Crippen molar-refractivity contribution in [2.75, 3.05) is 6.54 Å². The molecule has 11 heteroatoms. The summed E-state index contributed by atoms with van der Waals surface area (Å²) in [6.45, 7) is 0.598. The quantitative estimate of drug-likeness (QED) is 0.330. The van der Waals surface area contributed by atoms with Gasteiger partial charge in [0.1, 0.15) is 5.82 Å². The number of carboxylic acid groups (broad SMARTS) is 1. The maximum Gasteiger partial charge on any atom is 0.336 e. The Kier molecular flexibility index (Phi) is 8.34. The van der Waals surface area contributed by atoms with Crippen LogP contribution in [0, 0.1) is 12.7 Å². The topological polar surface area (TPSA) is 116 Å². The van der Waals surface area contributed by atoms with E-state index in [-0.39, 0.29) is 26.6 Å². The predicted octanol–water partition coefficient (Wildman–Crippen LogP) is 3.83. The molecule has 8 nitrogen and oxygen atoms in total. The molecular formula is C24H21ClFN3O5S. The number of aryl methyl sites for hydroxylation is 1. The number of nitrogens with zero attached hydrogens (tertiary/aromatic N) is 2. The van der Waals surface area contributed by atoms with Crippen LogP contribution >= 0.6 is 11.6 Å². The van der Waals surface area contributed by atoms with Crippen molar-refractivity contribution < 1.29 is 27.5 Å². The number of amides is 1. The molecule has 0 unspecified atom stereocenters. The van der Waals surface area contributed by atoms with Crippen molar-refractivity contribution in [1.82, 2.24) is 9.73 Å². The molecule has 0 radical (unpaired) electrons. The second-order valence-electron chi connectivity index (χ2n) is 7.47. The van der Waals surface area contributed by atoms with Gasteiger partial charge >= 0.3 is 5.97 Å². The Morgan fingerprint density at radius 1 is 1.09 bits per heavy atom. The average molecular weight is 518 g/mol. The molecule has 0 heterocycles. The van der Waals surface area contributed by atoms with Crippen LogP contribution in [0.2, 0.25) is 5.02 Å². The maximum absolute atomic E-state index is 14.4. The van der Waals surface area contributed by atoms with Gasteiger partial charge in [0.25, 0.3) is 5.91 Å². The zero-order chi connectivity index (χ0) is 25.6. The third-order valence-electron chi connectivity index (χ3n) is 4.96. The van der Waals surface area contributed by atoms with E-state index in [1.54, 1.807) is 31.2 Å². The summed E-state index contributed by atoms with van der Waals surface area (Å²) in [5, 5.41) is 13.0. The van der Waals surface area contributed by atoms with Crippen molar-refractivity contribution in [3.05, 3.63) is 99.8 Å². The highest BCUT2D eigenvalue weighted by Gasteiger charge is 2.28. The van der Waals surface area contributed by atoms with Gasteiger partial charge in [-0.05, 0) is 37.3 Å². The number of halogens is 2. The Balaban J connectivity index is 1.86. The molecular weight excluding hydrogens is 497 g/mol. The first-order chi connectivity index (χ1) is 16.6. The highest BCUT2D eigenvalue weighted by atomic mass is 35.5. The smallest absolute Gasteiger partial charge is 0.336 e. The van der Waals surface area contributed by atoms with Crippen LogP contribution in [0.4, 0.5) is 4.39 Å². The molecule has 0 aliphatic heterocycles. The van der Waals surface area contributed by atoms with E-state index in [0.29, 0.717) is 0 Å². The van der Waals surface area contributed by atoms with E-state index in [1.807, 2.05) is 0 Å². The molecule has 35 heavy (non-hydrogen) atoms. The van der Waals surface area contributed by atoms with E-state index in [1.165, 1.54) is 36.4 Å². The van der Waals surface area contributed by atoms with E-state index in [4.69, 9.17) is 11.6 Å². The minimum atomic E-state index is -4.22. The molecule has 0 saturated heterocycles. The lowest BCUT2D eigenvalue weighted by Crippen LogP contribution is -2.39. The van der Waals surface area contributed by atoms with Gasteiger partial charge in [-0.15, -0.1) is 0 Å². The maximum atomic E-state index is 14.4. The second kappa shape index (κ2) is 11.2. The van der Waals surface area contributed by atoms with Crippen LogP contribution in [0.1, 0.15) is 27.0 Å². The van der Waals surface area contributed by atoms with Crippen molar-refractivity contribution in [1.29, 1.82) is 0 Å². The van der Waals surface area contributed by atoms with Gasteiger partial charge in [0.2, 0.25) is 10.0 Å². The Hall–Kier alpha value is -3.60. The molecule has 0 aliphatic rings. The molecule has 182 valence electrons. The first-order valence-electron chi connectivity index (χ1n) is 10.2. The summed E-state index contributed by atoms with van der Waals surface area (Å²) in [6.07, 6.45) is 1.13. The molecule has 3 rings (SSSR count). The number of hydrazone groups is 1. The first-order valence-corrected chi connectivity index (χ1v) is 12.1. The van der Waals surface area contributed by atoms with Gasteiger partial charge in [-0.2, -0.15) is 9.41 Å². The standard InChI is InChI=1S/C24H21ClFN3O5S/c1-16-9-11-18(12-10-16)35(33,34)29(14-20-21(25)7-4-8-22(20)26)15-23(30)28-27-13-17-5-2-3-6-19(17)24(31)32/h2-13H,14-15H2,1H3,(H,28,30)(H,31,32)/b27-13-. The number of hydrogen-bond acceptors (Lipinski definition) is 5. The summed E-state index contributed by atoms with van der Waals surface area (Å²) in [4.78, 5) is 23.8. The lowest BCUT2D eigenvalue weighted by atomic mass is 10.1. The Morgan fingerprint density at radius 3 is 2.43 bits per heavy atom. The van der Waals surface area contributed by atoms with E-state index < -0.39 is 40.8 Å². The van der Waals surface area contributed by atoms with Gasteiger partial charge in [0.15, 0.2) is 0 Å². The number of nitrogens with one attached hydrogen (secondary N) is 1.